The molecule has 162 valence electrons. The zero-order chi connectivity index (χ0) is 22.8. The van der Waals surface area contributed by atoms with Crippen LogP contribution in [0.5, 0.6) is 5.75 Å². The number of anilines is 2. The van der Waals surface area contributed by atoms with E-state index in [1.54, 1.807) is 0 Å². The number of hydrogen-bond donors (Lipinski definition) is 2. The van der Waals surface area contributed by atoms with Crippen LogP contribution in [0.1, 0.15) is 23.1 Å². The number of aromatic nitrogens is 3. The van der Waals surface area contributed by atoms with Gasteiger partial charge in [-0.1, -0.05) is 5.21 Å². The smallest absolute Gasteiger partial charge is 0.435 e. The zero-order valence-electron chi connectivity index (χ0n) is 16.1. The number of hydrogen-bond acceptors (Lipinski definition) is 5. The molecule has 0 fully saturated rings. The molecule has 0 radical (unpaired) electrons. The van der Waals surface area contributed by atoms with Crippen LogP contribution in [-0.2, 0) is 11.0 Å². The van der Waals surface area contributed by atoms with Gasteiger partial charge in [0.1, 0.15) is 11.6 Å². The van der Waals surface area contributed by atoms with Crippen LogP contribution in [-0.4, -0.2) is 33.9 Å². The third kappa shape index (κ3) is 4.79. The van der Waals surface area contributed by atoms with Crippen molar-refractivity contribution in [1.82, 2.24) is 15.0 Å². The maximum Gasteiger partial charge on any atom is 0.435 e. The summed E-state index contributed by atoms with van der Waals surface area (Å²) in [6.45, 7) is 1.29. The highest BCUT2D eigenvalue weighted by Gasteiger charge is 2.42. The molecule has 2 aromatic carbocycles. The largest absolute Gasteiger partial charge is 0.494 e. The number of benzene rings is 2. The molecule has 8 nitrogen and oxygen atoms in total. The summed E-state index contributed by atoms with van der Waals surface area (Å²) in [5.74, 6) is -2.00. The minimum Gasteiger partial charge on any atom is -0.494 e. The molecule has 0 atom stereocenters. The van der Waals surface area contributed by atoms with Crippen molar-refractivity contribution in [1.29, 1.82) is 0 Å². The van der Waals surface area contributed by atoms with Crippen molar-refractivity contribution >= 4 is 23.2 Å². The van der Waals surface area contributed by atoms with Crippen molar-refractivity contribution in [2.75, 3.05) is 17.7 Å². The lowest BCUT2D eigenvalue weighted by Crippen LogP contribution is -2.21. The Morgan fingerprint density at radius 3 is 2.32 bits per heavy atom. The summed E-state index contributed by atoms with van der Waals surface area (Å²) in [5, 5.41) is 11.6. The molecule has 12 heteroatoms. The number of carbonyl (C=O) groups excluding carboxylic acids is 2. The van der Waals surface area contributed by atoms with E-state index in [0.29, 0.717) is 10.4 Å². The summed E-state index contributed by atoms with van der Waals surface area (Å²) in [5.41, 5.74) is -2.10. The van der Waals surface area contributed by atoms with Crippen LogP contribution in [0.15, 0.2) is 42.5 Å². The number of methoxy groups -OCH3 is 1. The molecule has 0 unspecified atom stereocenters. The number of rotatable bonds is 5. The van der Waals surface area contributed by atoms with E-state index in [4.69, 9.17) is 4.74 Å². The molecule has 0 spiro atoms. The molecule has 1 heterocycles. The van der Waals surface area contributed by atoms with E-state index in [-0.39, 0.29) is 23.0 Å². The highest BCUT2D eigenvalue weighted by atomic mass is 19.4. The fourth-order valence-corrected chi connectivity index (χ4v) is 2.70. The monoisotopic (exact) mass is 437 g/mol. The van der Waals surface area contributed by atoms with Gasteiger partial charge in [-0.15, -0.1) is 5.10 Å². The Labute approximate surface area is 172 Å². The van der Waals surface area contributed by atoms with Crippen LogP contribution in [0.4, 0.5) is 28.9 Å². The van der Waals surface area contributed by atoms with Crippen LogP contribution in [0, 0.1) is 5.82 Å². The summed E-state index contributed by atoms with van der Waals surface area (Å²) >= 11 is 0. The van der Waals surface area contributed by atoms with Gasteiger partial charge in [0, 0.05) is 18.7 Å². The Morgan fingerprint density at radius 2 is 1.74 bits per heavy atom. The lowest BCUT2D eigenvalue weighted by Gasteiger charge is -2.13. The van der Waals surface area contributed by atoms with E-state index in [9.17, 15) is 27.2 Å². The molecule has 3 aromatic rings. The number of amides is 2. The van der Waals surface area contributed by atoms with Gasteiger partial charge < -0.3 is 15.4 Å². The molecule has 31 heavy (non-hydrogen) atoms. The van der Waals surface area contributed by atoms with Crippen molar-refractivity contribution in [3.8, 4) is 11.4 Å². The average Bonchev–Trinajstić information content (AvgIpc) is 3.15. The van der Waals surface area contributed by atoms with Crippen molar-refractivity contribution in [3.05, 3.63) is 59.7 Å². The predicted molar refractivity (Wildman–Crippen MR) is 102 cm³/mol. The van der Waals surface area contributed by atoms with Gasteiger partial charge in [-0.05, 0) is 36.4 Å². The average molecular weight is 437 g/mol. The second kappa shape index (κ2) is 8.42. The Balaban J connectivity index is 1.95. The third-order valence-electron chi connectivity index (χ3n) is 4.00. The first kappa shape index (κ1) is 21.7. The maximum atomic E-state index is 13.7. The van der Waals surface area contributed by atoms with Crippen LogP contribution >= 0.6 is 0 Å². The van der Waals surface area contributed by atoms with Crippen molar-refractivity contribution in [3.63, 3.8) is 0 Å². The summed E-state index contributed by atoms with van der Waals surface area (Å²) in [4.78, 5) is 23.8. The minimum atomic E-state index is -4.97. The SMILES string of the molecule is COc1cc(NC(=O)c2nnn(-c3ccc(F)cc3)c2C(F)(F)F)ccc1NC(C)=O. The first-order valence-electron chi connectivity index (χ1n) is 8.66. The van der Waals surface area contributed by atoms with Crippen LogP contribution < -0.4 is 15.4 Å². The third-order valence-corrected chi connectivity index (χ3v) is 4.00. The van der Waals surface area contributed by atoms with Gasteiger partial charge in [-0.25, -0.2) is 9.07 Å². The Kier molecular flexibility index (Phi) is 5.90. The van der Waals surface area contributed by atoms with Gasteiger partial charge in [-0.2, -0.15) is 13.2 Å². The van der Waals surface area contributed by atoms with E-state index >= 15 is 0 Å². The second-order valence-corrected chi connectivity index (χ2v) is 6.22. The van der Waals surface area contributed by atoms with Crippen molar-refractivity contribution in [2.24, 2.45) is 0 Å². The minimum absolute atomic E-state index is 0.0976. The van der Waals surface area contributed by atoms with Crippen molar-refractivity contribution < 1.29 is 31.9 Å². The number of nitrogens with zero attached hydrogens (tertiary/aromatic N) is 3. The van der Waals surface area contributed by atoms with E-state index in [2.05, 4.69) is 20.9 Å². The highest BCUT2D eigenvalue weighted by molar-refractivity contribution is 6.04. The lowest BCUT2D eigenvalue weighted by molar-refractivity contribution is -0.143. The van der Waals surface area contributed by atoms with Gasteiger partial charge in [-0.3, -0.25) is 9.59 Å². The molecule has 2 amide bonds. The van der Waals surface area contributed by atoms with E-state index in [1.807, 2.05) is 0 Å². The molecule has 3 rings (SSSR count). The molecule has 0 bridgehead atoms. The van der Waals surface area contributed by atoms with Gasteiger partial charge in [0.15, 0.2) is 11.4 Å². The van der Waals surface area contributed by atoms with Gasteiger partial charge in [0.2, 0.25) is 5.91 Å². The molecule has 2 N–H and O–H groups in total. The first-order chi connectivity index (χ1) is 14.6. The first-order valence-corrected chi connectivity index (χ1v) is 8.66. The number of nitrogens with one attached hydrogen (secondary N) is 2. The molecule has 0 saturated heterocycles. The second-order valence-electron chi connectivity index (χ2n) is 6.22. The molecule has 1 aromatic heterocycles. The molecule has 0 aliphatic heterocycles. The topological polar surface area (TPSA) is 98.1 Å². The van der Waals surface area contributed by atoms with Crippen LogP contribution in [0.25, 0.3) is 5.69 Å². The van der Waals surface area contributed by atoms with Crippen molar-refractivity contribution in [2.45, 2.75) is 13.1 Å². The van der Waals surface area contributed by atoms with E-state index in [1.165, 1.54) is 32.2 Å². The Hall–Kier alpha value is -3.96. The normalized spacial score (nSPS) is 11.2. The summed E-state index contributed by atoms with van der Waals surface area (Å²) in [6, 6.07) is 8.17. The summed E-state index contributed by atoms with van der Waals surface area (Å²) in [7, 11) is 1.32. The summed E-state index contributed by atoms with van der Waals surface area (Å²) in [6.07, 6.45) is -4.97. The van der Waals surface area contributed by atoms with E-state index in [0.717, 1.165) is 24.3 Å². The van der Waals surface area contributed by atoms with Gasteiger partial charge >= 0.3 is 6.18 Å². The molecule has 0 saturated carbocycles. The number of ether oxygens (including phenoxy) is 1. The number of halogens is 4. The number of carbonyl (C=O) groups is 2. The Bertz CT molecular complexity index is 1130. The van der Waals surface area contributed by atoms with E-state index < -0.39 is 29.3 Å². The molecule has 0 aliphatic rings. The Morgan fingerprint density at radius 1 is 1.06 bits per heavy atom. The summed E-state index contributed by atoms with van der Waals surface area (Å²) < 4.78 is 59.7. The molecular weight excluding hydrogens is 422 g/mol. The van der Waals surface area contributed by atoms with Gasteiger partial charge in [0.25, 0.3) is 5.91 Å². The predicted octanol–water partition coefficient (Wildman–Crippen LogP) is 3.64. The zero-order valence-corrected chi connectivity index (χ0v) is 16.1. The lowest BCUT2D eigenvalue weighted by atomic mass is 10.2. The number of alkyl halides is 3. The molecular formula is C19H15F4N5O3. The maximum absolute atomic E-state index is 13.7. The van der Waals surface area contributed by atoms with Crippen LogP contribution in [0.2, 0.25) is 0 Å². The highest BCUT2D eigenvalue weighted by Crippen LogP contribution is 2.33. The standard InChI is InChI=1S/C19H15F4N5O3/c1-10(29)24-14-8-5-12(9-15(14)31-2)25-18(30)16-17(19(21,22)23)28(27-26-16)13-6-3-11(20)4-7-13/h3-9H,1-2H3,(H,24,29)(H,25,30). The fourth-order valence-electron chi connectivity index (χ4n) is 2.70. The fraction of sp³-hybridized carbons (Fsp3) is 0.158. The van der Waals surface area contributed by atoms with Crippen LogP contribution in [0.3, 0.4) is 0 Å². The van der Waals surface area contributed by atoms with Gasteiger partial charge in [0.05, 0.1) is 18.5 Å². The quantitative estimate of drug-likeness (QED) is 0.594. The molecule has 0 aliphatic carbocycles.